The largest absolute Gasteiger partial charge is 0.477 e. The molecule has 0 saturated heterocycles. The summed E-state index contributed by atoms with van der Waals surface area (Å²) in [5, 5.41) is 4.09. The molecule has 0 saturated carbocycles. The molecule has 0 N–H and O–H groups in total. The first-order chi connectivity index (χ1) is 5.74. The molecule has 0 aliphatic carbocycles. The van der Waals surface area contributed by atoms with Crippen LogP contribution >= 0.6 is 0 Å². The number of nitrogens with zero attached hydrogens (tertiary/aromatic N) is 2. The number of hydrogen-bond donors (Lipinski definition) is 0. The Balaban J connectivity index is 0.000000561. The van der Waals surface area contributed by atoms with Gasteiger partial charge < -0.3 is 4.74 Å². The number of aryl methyl sites for hydroxylation is 2. The van der Waals surface area contributed by atoms with Crippen molar-refractivity contribution in [2.45, 2.75) is 27.7 Å². The van der Waals surface area contributed by atoms with Crippen LogP contribution in [-0.2, 0) is 7.05 Å². The predicted octanol–water partition coefficient (Wildman–Crippen LogP) is 2.15. The molecule has 1 aromatic rings. The fourth-order valence-corrected chi connectivity index (χ4v) is 0.746. The van der Waals surface area contributed by atoms with E-state index in [2.05, 4.69) is 5.10 Å². The molecule has 0 aromatic carbocycles. The number of rotatable bonds is 2. The van der Waals surface area contributed by atoms with Crippen molar-refractivity contribution in [1.82, 2.24) is 9.78 Å². The van der Waals surface area contributed by atoms with E-state index in [0.29, 0.717) is 12.5 Å². The highest BCUT2D eigenvalue weighted by Crippen LogP contribution is 2.08. The minimum atomic E-state index is 0.677. The highest BCUT2D eigenvalue weighted by Gasteiger charge is 1.98. The van der Waals surface area contributed by atoms with Gasteiger partial charge in [0.15, 0.2) is 0 Å². The van der Waals surface area contributed by atoms with Gasteiger partial charge in [-0.3, -0.25) is 4.68 Å². The van der Waals surface area contributed by atoms with Gasteiger partial charge in [-0.05, 0) is 13.8 Å². The average molecular weight is 170 g/mol. The maximum atomic E-state index is 5.18. The van der Waals surface area contributed by atoms with Gasteiger partial charge in [-0.15, -0.1) is 5.10 Å². The molecular formula is C9H18N2O. The topological polar surface area (TPSA) is 27.1 Å². The second-order valence-corrected chi connectivity index (χ2v) is 2.18. The van der Waals surface area contributed by atoms with Crippen molar-refractivity contribution in [2.75, 3.05) is 6.61 Å². The van der Waals surface area contributed by atoms with Crippen LogP contribution in [0, 0.1) is 6.92 Å². The Morgan fingerprint density at radius 3 is 2.42 bits per heavy atom. The summed E-state index contributed by atoms with van der Waals surface area (Å²) in [5.74, 6) is 0.711. The molecule has 0 amide bonds. The van der Waals surface area contributed by atoms with E-state index in [0.717, 1.165) is 5.69 Å². The summed E-state index contributed by atoms with van der Waals surface area (Å²) in [4.78, 5) is 0. The van der Waals surface area contributed by atoms with Crippen molar-refractivity contribution in [3.63, 3.8) is 0 Å². The Labute approximate surface area is 74.3 Å². The van der Waals surface area contributed by atoms with Gasteiger partial charge in [0.1, 0.15) is 0 Å². The van der Waals surface area contributed by atoms with Crippen LogP contribution in [0.3, 0.4) is 0 Å². The minimum absolute atomic E-state index is 0.677. The van der Waals surface area contributed by atoms with E-state index >= 15 is 0 Å². The highest BCUT2D eigenvalue weighted by molar-refractivity contribution is 5.13. The van der Waals surface area contributed by atoms with E-state index in [1.54, 1.807) is 4.68 Å². The molecule has 70 valence electrons. The molecule has 0 bridgehead atoms. The Bertz CT molecular complexity index is 199. The molecule has 1 aromatic heterocycles. The number of hydrogen-bond acceptors (Lipinski definition) is 2. The normalized spacial score (nSPS) is 8.75. The summed E-state index contributed by atoms with van der Waals surface area (Å²) in [6, 6.07) is 1.92. The second kappa shape index (κ2) is 5.63. The molecule has 0 fully saturated rings. The summed E-state index contributed by atoms with van der Waals surface area (Å²) in [6.07, 6.45) is 0. The summed E-state index contributed by atoms with van der Waals surface area (Å²) < 4.78 is 6.97. The molecular weight excluding hydrogens is 152 g/mol. The van der Waals surface area contributed by atoms with Crippen LogP contribution < -0.4 is 4.74 Å². The summed E-state index contributed by atoms with van der Waals surface area (Å²) >= 11 is 0. The van der Waals surface area contributed by atoms with Gasteiger partial charge in [0.05, 0.1) is 6.61 Å². The third-order valence-electron chi connectivity index (χ3n) is 1.38. The number of aromatic nitrogens is 2. The average Bonchev–Trinajstić information content (AvgIpc) is 2.36. The zero-order valence-corrected chi connectivity index (χ0v) is 8.59. The summed E-state index contributed by atoms with van der Waals surface area (Å²) in [5.41, 5.74) is 1.11. The Kier molecular flexibility index (Phi) is 5.17. The minimum Gasteiger partial charge on any atom is -0.477 e. The van der Waals surface area contributed by atoms with E-state index in [4.69, 9.17) is 4.74 Å². The number of ether oxygens (including phenoxy) is 1. The van der Waals surface area contributed by atoms with Crippen LogP contribution in [0.1, 0.15) is 26.5 Å². The zero-order chi connectivity index (χ0) is 9.56. The van der Waals surface area contributed by atoms with Crippen molar-refractivity contribution in [3.8, 4) is 5.88 Å². The van der Waals surface area contributed by atoms with Crippen LogP contribution in [0.15, 0.2) is 6.07 Å². The molecule has 0 radical (unpaired) electrons. The van der Waals surface area contributed by atoms with Crippen LogP contribution in [-0.4, -0.2) is 16.4 Å². The van der Waals surface area contributed by atoms with E-state index in [1.807, 2.05) is 40.8 Å². The van der Waals surface area contributed by atoms with Crippen LogP contribution in [0.4, 0.5) is 0 Å². The lowest BCUT2D eigenvalue weighted by Crippen LogP contribution is -1.95. The van der Waals surface area contributed by atoms with Gasteiger partial charge in [0.2, 0.25) is 5.88 Å². The smallest absolute Gasteiger partial charge is 0.232 e. The Hall–Kier alpha value is -0.990. The Morgan fingerprint density at radius 2 is 2.08 bits per heavy atom. The molecule has 0 atom stereocenters. The third-order valence-corrected chi connectivity index (χ3v) is 1.38. The molecule has 1 rings (SSSR count). The van der Waals surface area contributed by atoms with Gasteiger partial charge in [-0.1, -0.05) is 13.8 Å². The van der Waals surface area contributed by atoms with Crippen LogP contribution in [0.25, 0.3) is 0 Å². The molecule has 0 aliphatic rings. The van der Waals surface area contributed by atoms with E-state index in [9.17, 15) is 0 Å². The lowest BCUT2D eigenvalue weighted by Gasteiger charge is -1.93. The van der Waals surface area contributed by atoms with Crippen molar-refractivity contribution in [3.05, 3.63) is 11.8 Å². The first-order valence-electron chi connectivity index (χ1n) is 4.37. The van der Waals surface area contributed by atoms with E-state index in [1.165, 1.54) is 0 Å². The first kappa shape index (κ1) is 11.0. The van der Waals surface area contributed by atoms with Crippen molar-refractivity contribution in [2.24, 2.45) is 7.05 Å². The summed E-state index contributed by atoms with van der Waals surface area (Å²) in [7, 11) is 1.90. The molecule has 0 aliphatic heterocycles. The van der Waals surface area contributed by atoms with Crippen molar-refractivity contribution < 1.29 is 4.74 Å². The van der Waals surface area contributed by atoms with Crippen molar-refractivity contribution in [1.29, 1.82) is 0 Å². The maximum Gasteiger partial charge on any atom is 0.232 e. The van der Waals surface area contributed by atoms with Gasteiger partial charge in [-0.25, -0.2) is 0 Å². The SMILES string of the molecule is CC.CCOc1cc(C)n(C)n1. The first-order valence-corrected chi connectivity index (χ1v) is 4.37. The van der Waals surface area contributed by atoms with Crippen LogP contribution in [0.2, 0.25) is 0 Å². The molecule has 12 heavy (non-hydrogen) atoms. The lowest BCUT2D eigenvalue weighted by atomic mass is 10.5. The highest BCUT2D eigenvalue weighted by atomic mass is 16.5. The van der Waals surface area contributed by atoms with Crippen molar-refractivity contribution >= 4 is 0 Å². The Morgan fingerprint density at radius 1 is 1.50 bits per heavy atom. The van der Waals surface area contributed by atoms with Gasteiger partial charge >= 0.3 is 0 Å². The standard InChI is InChI=1S/C7H12N2O.C2H6/c1-4-10-7-5-6(2)9(3)8-7;1-2/h5H,4H2,1-3H3;1-2H3. The third kappa shape index (κ3) is 2.95. The predicted molar refractivity (Wildman–Crippen MR) is 50.5 cm³/mol. The van der Waals surface area contributed by atoms with Gasteiger partial charge in [0, 0.05) is 18.8 Å². The van der Waals surface area contributed by atoms with Gasteiger partial charge in [-0.2, -0.15) is 0 Å². The van der Waals surface area contributed by atoms with Gasteiger partial charge in [0.25, 0.3) is 0 Å². The molecule has 0 spiro atoms. The van der Waals surface area contributed by atoms with E-state index in [-0.39, 0.29) is 0 Å². The fourth-order valence-electron chi connectivity index (χ4n) is 0.746. The molecule has 0 unspecified atom stereocenters. The maximum absolute atomic E-state index is 5.18. The molecule has 3 heteroatoms. The molecule has 3 nitrogen and oxygen atoms in total. The monoisotopic (exact) mass is 170 g/mol. The lowest BCUT2D eigenvalue weighted by molar-refractivity contribution is 0.323. The van der Waals surface area contributed by atoms with E-state index < -0.39 is 0 Å². The quantitative estimate of drug-likeness (QED) is 0.680. The summed E-state index contributed by atoms with van der Waals surface area (Å²) in [6.45, 7) is 8.62. The fraction of sp³-hybridized carbons (Fsp3) is 0.667. The second-order valence-electron chi connectivity index (χ2n) is 2.18. The molecule has 1 heterocycles. The van der Waals surface area contributed by atoms with Crippen LogP contribution in [0.5, 0.6) is 5.88 Å². The zero-order valence-electron chi connectivity index (χ0n) is 8.59.